The SMILES string of the molecule is CC(=O)N(C)N(Cc1nc2cc(Cl)ccc2o1)C(=O)c1ccc2nc(N)c3cnn(C)c3c2c1. The van der Waals surface area contributed by atoms with Gasteiger partial charge in [0.15, 0.2) is 5.58 Å². The van der Waals surface area contributed by atoms with Gasteiger partial charge in [-0.05, 0) is 36.4 Å². The summed E-state index contributed by atoms with van der Waals surface area (Å²) in [6.07, 6.45) is 1.64. The van der Waals surface area contributed by atoms with Gasteiger partial charge in [-0.2, -0.15) is 5.10 Å². The fourth-order valence-electron chi connectivity index (χ4n) is 3.87. The Morgan fingerprint density at radius 2 is 1.91 bits per heavy atom. The Kier molecular flexibility index (Phi) is 5.09. The van der Waals surface area contributed by atoms with Crippen molar-refractivity contribution in [1.82, 2.24) is 29.8 Å². The number of oxazole rings is 1. The van der Waals surface area contributed by atoms with Crippen LogP contribution >= 0.6 is 11.6 Å². The first-order chi connectivity index (χ1) is 16.2. The predicted octanol–water partition coefficient (Wildman–Crippen LogP) is 3.53. The van der Waals surface area contributed by atoms with E-state index in [1.807, 2.05) is 0 Å². The van der Waals surface area contributed by atoms with Crippen molar-refractivity contribution in [3.05, 3.63) is 59.1 Å². The van der Waals surface area contributed by atoms with E-state index in [9.17, 15) is 9.59 Å². The van der Waals surface area contributed by atoms with Crippen molar-refractivity contribution in [2.24, 2.45) is 7.05 Å². The molecule has 0 bridgehead atoms. The predicted molar refractivity (Wildman–Crippen MR) is 128 cm³/mol. The second-order valence-corrected chi connectivity index (χ2v) is 8.32. The van der Waals surface area contributed by atoms with Crippen LogP contribution in [-0.4, -0.2) is 48.6 Å². The number of pyridine rings is 1. The van der Waals surface area contributed by atoms with Crippen LogP contribution in [0.2, 0.25) is 5.02 Å². The van der Waals surface area contributed by atoms with Crippen LogP contribution < -0.4 is 5.73 Å². The molecular formula is C23H20ClN7O3. The number of nitrogens with two attached hydrogens (primary N) is 1. The number of nitrogens with zero attached hydrogens (tertiary/aromatic N) is 6. The zero-order chi connectivity index (χ0) is 24.1. The molecular weight excluding hydrogens is 458 g/mol. The molecule has 34 heavy (non-hydrogen) atoms. The molecule has 10 nitrogen and oxygen atoms in total. The van der Waals surface area contributed by atoms with Gasteiger partial charge in [-0.3, -0.25) is 19.3 Å². The van der Waals surface area contributed by atoms with E-state index in [-0.39, 0.29) is 18.3 Å². The van der Waals surface area contributed by atoms with Crippen molar-refractivity contribution in [3.63, 3.8) is 0 Å². The molecule has 5 aromatic rings. The minimum atomic E-state index is -0.410. The number of hydrogen-bond acceptors (Lipinski definition) is 7. The molecule has 172 valence electrons. The summed E-state index contributed by atoms with van der Waals surface area (Å²) in [7, 11) is 3.31. The van der Waals surface area contributed by atoms with Gasteiger partial charge in [-0.1, -0.05) is 11.6 Å². The molecule has 3 heterocycles. The molecule has 0 unspecified atom stereocenters. The van der Waals surface area contributed by atoms with Crippen LogP contribution in [0.5, 0.6) is 0 Å². The highest BCUT2D eigenvalue weighted by Crippen LogP contribution is 2.29. The molecule has 2 aromatic carbocycles. The number of amides is 2. The average molecular weight is 478 g/mol. The number of anilines is 1. The molecule has 0 radical (unpaired) electrons. The van der Waals surface area contributed by atoms with E-state index in [2.05, 4.69) is 15.1 Å². The van der Waals surface area contributed by atoms with Crippen LogP contribution in [-0.2, 0) is 18.4 Å². The molecule has 5 rings (SSSR count). The lowest BCUT2D eigenvalue weighted by atomic mass is 10.1. The highest BCUT2D eigenvalue weighted by Gasteiger charge is 2.25. The molecule has 0 atom stereocenters. The van der Waals surface area contributed by atoms with Gasteiger partial charge < -0.3 is 10.2 Å². The van der Waals surface area contributed by atoms with Crippen molar-refractivity contribution in [2.75, 3.05) is 12.8 Å². The second-order valence-electron chi connectivity index (χ2n) is 7.88. The average Bonchev–Trinajstić information content (AvgIpc) is 3.39. The van der Waals surface area contributed by atoms with Crippen LogP contribution in [0.4, 0.5) is 5.82 Å². The lowest BCUT2D eigenvalue weighted by Crippen LogP contribution is -2.46. The summed E-state index contributed by atoms with van der Waals surface area (Å²) in [5.41, 5.74) is 8.92. The highest BCUT2D eigenvalue weighted by molar-refractivity contribution is 6.31. The highest BCUT2D eigenvalue weighted by atomic mass is 35.5. The normalized spacial score (nSPS) is 11.4. The van der Waals surface area contributed by atoms with Crippen LogP contribution in [0.25, 0.3) is 32.9 Å². The minimum Gasteiger partial charge on any atom is -0.439 e. The number of hydrogen-bond donors (Lipinski definition) is 1. The Morgan fingerprint density at radius 1 is 1.12 bits per heavy atom. The maximum Gasteiger partial charge on any atom is 0.272 e. The summed E-state index contributed by atoms with van der Waals surface area (Å²) in [6.45, 7) is 1.32. The van der Waals surface area contributed by atoms with Crippen LogP contribution in [0.15, 0.2) is 47.0 Å². The summed E-state index contributed by atoms with van der Waals surface area (Å²) >= 11 is 6.04. The summed E-state index contributed by atoms with van der Waals surface area (Å²) in [5, 5.41) is 8.72. The number of aryl methyl sites for hydroxylation is 1. The number of halogens is 1. The first-order valence-corrected chi connectivity index (χ1v) is 10.7. The van der Waals surface area contributed by atoms with Gasteiger partial charge in [-0.25, -0.2) is 15.0 Å². The van der Waals surface area contributed by atoms with Crippen molar-refractivity contribution < 1.29 is 14.0 Å². The fourth-order valence-corrected chi connectivity index (χ4v) is 4.03. The van der Waals surface area contributed by atoms with Gasteiger partial charge in [0.25, 0.3) is 5.91 Å². The molecule has 0 aliphatic heterocycles. The number of benzene rings is 2. The summed E-state index contributed by atoms with van der Waals surface area (Å²) < 4.78 is 7.47. The standard InChI is InChI=1S/C23H20ClN7O3/c1-12(32)30(3)31(11-20-27-18-9-14(24)5-7-19(18)34-20)23(33)13-4-6-17-15(8-13)21-16(22(25)28-17)10-26-29(21)2/h4-10H,11H2,1-3H3,(H2,25,28). The summed E-state index contributed by atoms with van der Waals surface area (Å²) in [6, 6.07) is 10.2. The Bertz CT molecular complexity index is 1610. The van der Waals surface area contributed by atoms with Crippen molar-refractivity contribution in [3.8, 4) is 0 Å². The van der Waals surface area contributed by atoms with Crippen molar-refractivity contribution in [1.29, 1.82) is 0 Å². The monoisotopic (exact) mass is 477 g/mol. The van der Waals surface area contributed by atoms with Gasteiger partial charge in [0, 0.05) is 37.0 Å². The number of hydrazine groups is 1. The quantitative estimate of drug-likeness (QED) is 0.394. The molecule has 0 aliphatic rings. The zero-order valence-electron chi connectivity index (χ0n) is 18.6. The van der Waals surface area contributed by atoms with Gasteiger partial charge >= 0.3 is 0 Å². The first kappa shape index (κ1) is 21.7. The molecule has 3 aromatic heterocycles. The summed E-state index contributed by atoms with van der Waals surface area (Å²) in [5.74, 6) is -0.101. The molecule has 2 amide bonds. The Balaban J connectivity index is 1.57. The number of nitrogen functional groups attached to an aromatic ring is 1. The van der Waals surface area contributed by atoms with Gasteiger partial charge in [0.1, 0.15) is 17.9 Å². The first-order valence-electron chi connectivity index (χ1n) is 10.3. The minimum absolute atomic E-state index is 0.0552. The van der Waals surface area contributed by atoms with Gasteiger partial charge in [0.2, 0.25) is 11.8 Å². The Hall–Kier alpha value is -4.18. The lowest BCUT2D eigenvalue weighted by Gasteiger charge is -2.30. The fraction of sp³-hybridized carbons (Fsp3) is 0.174. The van der Waals surface area contributed by atoms with Crippen LogP contribution in [0.3, 0.4) is 0 Å². The lowest BCUT2D eigenvalue weighted by molar-refractivity contribution is -0.140. The van der Waals surface area contributed by atoms with Crippen molar-refractivity contribution in [2.45, 2.75) is 13.5 Å². The number of rotatable bonds is 3. The van der Waals surface area contributed by atoms with E-state index in [4.69, 9.17) is 21.8 Å². The Morgan fingerprint density at radius 3 is 2.68 bits per heavy atom. The third-order valence-electron chi connectivity index (χ3n) is 5.69. The molecule has 0 spiro atoms. The van der Waals surface area contributed by atoms with Gasteiger partial charge in [-0.15, -0.1) is 0 Å². The van der Waals surface area contributed by atoms with Crippen LogP contribution in [0.1, 0.15) is 23.2 Å². The van der Waals surface area contributed by atoms with E-state index < -0.39 is 5.91 Å². The number of aromatic nitrogens is 4. The topological polar surface area (TPSA) is 123 Å². The van der Waals surface area contributed by atoms with E-state index in [0.717, 1.165) is 10.9 Å². The third kappa shape index (κ3) is 3.57. The zero-order valence-corrected chi connectivity index (χ0v) is 19.4. The molecule has 2 N–H and O–H groups in total. The smallest absolute Gasteiger partial charge is 0.272 e. The van der Waals surface area contributed by atoms with E-state index in [1.54, 1.807) is 54.3 Å². The van der Waals surface area contributed by atoms with Crippen molar-refractivity contribution >= 4 is 62.1 Å². The van der Waals surface area contributed by atoms with E-state index in [0.29, 0.717) is 38.4 Å². The molecule has 0 aliphatic carbocycles. The number of carbonyl (C=O) groups excluding carboxylic acids is 2. The third-order valence-corrected chi connectivity index (χ3v) is 5.92. The number of carbonyl (C=O) groups is 2. The van der Waals surface area contributed by atoms with E-state index >= 15 is 0 Å². The maximum absolute atomic E-state index is 13.6. The molecule has 11 heteroatoms. The van der Waals surface area contributed by atoms with Gasteiger partial charge in [0.05, 0.1) is 22.6 Å². The molecule has 0 saturated heterocycles. The largest absolute Gasteiger partial charge is 0.439 e. The van der Waals surface area contributed by atoms with E-state index in [1.165, 1.54) is 24.0 Å². The summed E-state index contributed by atoms with van der Waals surface area (Å²) in [4.78, 5) is 34.6. The maximum atomic E-state index is 13.6. The number of fused-ring (bicyclic) bond motifs is 4. The molecule has 0 saturated carbocycles. The second kappa shape index (κ2) is 7.99. The molecule has 0 fully saturated rings. The Labute approximate surface area is 198 Å². The van der Waals surface area contributed by atoms with Crippen LogP contribution in [0, 0.1) is 0 Å².